The molecule has 2 aromatic rings. The van der Waals surface area contributed by atoms with E-state index in [2.05, 4.69) is 61.6 Å². The molecule has 4 rings (SSSR count). The van der Waals surface area contributed by atoms with Gasteiger partial charge in [0, 0.05) is 17.7 Å². The molecule has 2 heteroatoms. The lowest BCUT2D eigenvalue weighted by molar-refractivity contribution is 0.0453. The van der Waals surface area contributed by atoms with Gasteiger partial charge in [-0.25, -0.2) is 0 Å². The first-order chi connectivity index (χ1) is 11.2. The summed E-state index contributed by atoms with van der Waals surface area (Å²) in [4.78, 5) is 0. The summed E-state index contributed by atoms with van der Waals surface area (Å²) in [5, 5.41) is 3.80. The average molecular weight is 307 g/mol. The molecule has 1 atom stereocenters. The largest absolute Gasteiger partial charge is 0.487 e. The number of aryl methyl sites for hydroxylation is 2. The number of hydrogen-bond acceptors (Lipinski definition) is 2. The highest BCUT2D eigenvalue weighted by Crippen LogP contribution is 2.48. The van der Waals surface area contributed by atoms with E-state index in [1.54, 1.807) is 0 Å². The molecule has 0 bridgehead atoms. The Balaban J connectivity index is 1.68. The van der Waals surface area contributed by atoms with Gasteiger partial charge in [0.05, 0.1) is 6.04 Å². The summed E-state index contributed by atoms with van der Waals surface area (Å²) in [5.41, 5.74) is 5.21. The van der Waals surface area contributed by atoms with Crippen molar-refractivity contribution in [1.29, 1.82) is 0 Å². The van der Waals surface area contributed by atoms with Crippen molar-refractivity contribution in [1.82, 2.24) is 0 Å². The van der Waals surface area contributed by atoms with Crippen LogP contribution in [-0.2, 0) is 0 Å². The van der Waals surface area contributed by atoms with Crippen molar-refractivity contribution in [2.24, 2.45) is 0 Å². The quantitative estimate of drug-likeness (QED) is 0.785. The highest BCUT2D eigenvalue weighted by Gasteiger charge is 2.43. The van der Waals surface area contributed by atoms with Gasteiger partial charge in [0.1, 0.15) is 11.4 Å². The smallest absolute Gasteiger partial charge is 0.125 e. The number of benzene rings is 2. The fourth-order valence-electron chi connectivity index (χ4n) is 4.24. The van der Waals surface area contributed by atoms with E-state index in [-0.39, 0.29) is 5.60 Å². The number of fused-ring (bicyclic) bond motifs is 1. The maximum absolute atomic E-state index is 6.46. The van der Waals surface area contributed by atoms with Crippen LogP contribution in [0.25, 0.3) is 0 Å². The van der Waals surface area contributed by atoms with Crippen LogP contribution in [-0.4, -0.2) is 5.60 Å². The van der Waals surface area contributed by atoms with E-state index in [4.69, 9.17) is 4.74 Å². The summed E-state index contributed by atoms with van der Waals surface area (Å²) in [6.45, 7) is 4.33. The number of rotatable bonds is 2. The van der Waals surface area contributed by atoms with Gasteiger partial charge < -0.3 is 10.1 Å². The van der Waals surface area contributed by atoms with Crippen LogP contribution in [0.5, 0.6) is 5.75 Å². The monoisotopic (exact) mass is 307 g/mol. The zero-order valence-electron chi connectivity index (χ0n) is 14.1. The van der Waals surface area contributed by atoms with Crippen molar-refractivity contribution in [2.75, 3.05) is 5.32 Å². The Labute approximate surface area is 138 Å². The lowest BCUT2D eigenvalue weighted by Crippen LogP contribution is -2.40. The zero-order valence-corrected chi connectivity index (χ0v) is 14.1. The van der Waals surface area contributed by atoms with Crippen LogP contribution in [0, 0.1) is 13.8 Å². The zero-order chi connectivity index (χ0) is 15.9. The number of anilines is 1. The number of para-hydroxylation sites is 1. The summed E-state index contributed by atoms with van der Waals surface area (Å²) in [6, 6.07) is 15.5. The Bertz CT molecular complexity index is 716. The van der Waals surface area contributed by atoms with Crippen molar-refractivity contribution >= 4 is 5.69 Å². The van der Waals surface area contributed by atoms with Crippen LogP contribution >= 0.6 is 0 Å². The van der Waals surface area contributed by atoms with Crippen LogP contribution in [0.2, 0.25) is 0 Å². The Morgan fingerprint density at radius 3 is 2.61 bits per heavy atom. The van der Waals surface area contributed by atoms with E-state index in [1.807, 2.05) is 0 Å². The Kier molecular flexibility index (Phi) is 3.56. The standard InChI is InChI=1S/C21H25NO/c1-15-9-10-18(16(2)13-15)22-19-14-21(11-5-6-12-21)23-20-8-4-3-7-17(19)20/h3-4,7-10,13,19,22H,5-6,11-12,14H2,1-2H3. The fourth-order valence-corrected chi connectivity index (χ4v) is 4.24. The topological polar surface area (TPSA) is 21.3 Å². The van der Waals surface area contributed by atoms with Crippen molar-refractivity contribution in [2.45, 2.75) is 57.6 Å². The minimum Gasteiger partial charge on any atom is -0.487 e. The second-order valence-corrected chi connectivity index (χ2v) is 7.25. The molecule has 2 aromatic carbocycles. The molecule has 1 unspecified atom stereocenters. The molecule has 1 N–H and O–H groups in total. The van der Waals surface area contributed by atoms with Gasteiger partial charge in [0.25, 0.3) is 0 Å². The summed E-state index contributed by atoms with van der Waals surface area (Å²) in [6.07, 6.45) is 6.02. The summed E-state index contributed by atoms with van der Waals surface area (Å²) in [7, 11) is 0. The minimum absolute atomic E-state index is 0.0463. The number of nitrogens with one attached hydrogen (secondary N) is 1. The summed E-state index contributed by atoms with van der Waals surface area (Å²) < 4.78 is 6.46. The van der Waals surface area contributed by atoms with Crippen molar-refractivity contribution in [3.05, 3.63) is 59.2 Å². The van der Waals surface area contributed by atoms with Gasteiger partial charge >= 0.3 is 0 Å². The SMILES string of the molecule is Cc1ccc(NC2CC3(CCCC3)Oc3ccccc32)c(C)c1. The van der Waals surface area contributed by atoms with Crippen LogP contribution in [0.4, 0.5) is 5.69 Å². The molecule has 23 heavy (non-hydrogen) atoms. The maximum atomic E-state index is 6.46. The predicted molar refractivity (Wildman–Crippen MR) is 95.2 cm³/mol. The summed E-state index contributed by atoms with van der Waals surface area (Å²) >= 11 is 0. The van der Waals surface area contributed by atoms with Crippen molar-refractivity contribution in [3.63, 3.8) is 0 Å². The molecule has 120 valence electrons. The number of hydrogen-bond donors (Lipinski definition) is 1. The molecule has 0 amide bonds. The molecule has 1 heterocycles. The molecule has 1 spiro atoms. The third kappa shape index (κ3) is 2.71. The first-order valence-corrected chi connectivity index (χ1v) is 8.77. The molecule has 2 nitrogen and oxygen atoms in total. The molecular formula is C21H25NO. The van der Waals surface area contributed by atoms with Gasteiger partial charge in [-0.2, -0.15) is 0 Å². The lowest BCUT2D eigenvalue weighted by Gasteiger charge is -2.40. The van der Waals surface area contributed by atoms with Crippen molar-refractivity contribution < 1.29 is 4.74 Å². The molecule has 1 saturated carbocycles. The van der Waals surface area contributed by atoms with E-state index in [1.165, 1.54) is 48.1 Å². The van der Waals surface area contributed by atoms with E-state index >= 15 is 0 Å². The second-order valence-electron chi connectivity index (χ2n) is 7.25. The first-order valence-electron chi connectivity index (χ1n) is 8.77. The van der Waals surface area contributed by atoms with Gasteiger partial charge in [-0.15, -0.1) is 0 Å². The van der Waals surface area contributed by atoms with Crippen LogP contribution in [0.3, 0.4) is 0 Å². The molecule has 2 aliphatic rings. The minimum atomic E-state index is 0.0463. The van der Waals surface area contributed by atoms with Gasteiger partial charge in [0.15, 0.2) is 0 Å². The molecule has 0 radical (unpaired) electrons. The highest BCUT2D eigenvalue weighted by molar-refractivity contribution is 5.55. The first kappa shape index (κ1) is 14.6. The van der Waals surface area contributed by atoms with Gasteiger partial charge in [-0.05, 0) is 57.2 Å². The van der Waals surface area contributed by atoms with Crippen LogP contribution < -0.4 is 10.1 Å². The van der Waals surface area contributed by atoms with E-state index in [9.17, 15) is 0 Å². The van der Waals surface area contributed by atoms with Gasteiger partial charge in [-0.1, -0.05) is 35.9 Å². The molecule has 0 aromatic heterocycles. The van der Waals surface area contributed by atoms with Gasteiger partial charge in [0.2, 0.25) is 0 Å². The second kappa shape index (κ2) is 5.59. The molecule has 1 fully saturated rings. The molecule has 0 saturated heterocycles. The van der Waals surface area contributed by atoms with E-state index in [0.717, 1.165) is 12.2 Å². The third-order valence-electron chi connectivity index (χ3n) is 5.42. The normalized spacial score (nSPS) is 21.7. The van der Waals surface area contributed by atoms with Crippen molar-refractivity contribution in [3.8, 4) is 5.75 Å². The number of ether oxygens (including phenoxy) is 1. The summed E-state index contributed by atoms with van der Waals surface area (Å²) in [5.74, 6) is 1.07. The van der Waals surface area contributed by atoms with Gasteiger partial charge in [-0.3, -0.25) is 0 Å². The van der Waals surface area contributed by atoms with E-state index in [0.29, 0.717) is 6.04 Å². The van der Waals surface area contributed by atoms with Crippen LogP contribution in [0.15, 0.2) is 42.5 Å². The van der Waals surface area contributed by atoms with E-state index < -0.39 is 0 Å². The van der Waals surface area contributed by atoms with Crippen LogP contribution in [0.1, 0.15) is 54.8 Å². The average Bonchev–Trinajstić information content (AvgIpc) is 2.97. The molecule has 1 aliphatic carbocycles. The molecule has 1 aliphatic heterocycles. The Hall–Kier alpha value is -1.96. The lowest BCUT2D eigenvalue weighted by atomic mass is 9.85. The predicted octanol–water partition coefficient (Wildman–Crippen LogP) is 5.55. The Morgan fingerprint density at radius 1 is 1.04 bits per heavy atom. The maximum Gasteiger partial charge on any atom is 0.125 e. The fraction of sp³-hybridized carbons (Fsp3) is 0.429. The molecular weight excluding hydrogens is 282 g/mol. The highest BCUT2D eigenvalue weighted by atomic mass is 16.5. The third-order valence-corrected chi connectivity index (χ3v) is 5.42. The Morgan fingerprint density at radius 2 is 1.83 bits per heavy atom.